The first-order valence-electron chi connectivity index (χ1n) is 34.9. The molecule has 566 valence electrons. The fourth-order valence-corrected chi connectivity index (χ4v) is 12.3. The quantitative estimate of drug-likeness (QED) is 0.0281. The van der Waals surface area contributed by atoms with E-state index in [9.17, 15) is 92.8 Å². The fourth-order valence-electron chi connectivity index (χ4n) is 12.3. The maximum absolute atomic E-state index is 14.4. The lowest BCUT2D eigenvalue weighted by atomic mass is 9.81. The summed E-state index contributed by atoms with van der Waals surface area (Å²) in [7, 11) is 0. The van der Waals surface area contributed by atoms with Gasteiger partial charge >= 0.3 is 41.8 Å². The Kier molecular flexibility index (Phi) is 35.8. The second-order valence-electron chi connectivity index (χ2n) is 26.8. The van der Waals surface area contributed by atoms with Gasteiger partial charge in [0.2, 0.25) is 35.4 Å². The van der Waals surface area contributed by atoms with Crippen molar-refractivity contribution in [2.75, 3.05) is 105 Å². The molecule has 1 heterocycles. The summed E-state index contributed by atoms with van der Waals surface area (Å²) in [5, 5.41) is 83.3. The third-order valence-corrected chi connectivity index (χ3v) is 18.2. The largest absolute Gasteiger partial charge is 0.481 e. The second-order valence-corrected chi connectivity index (χ2v) is 26.8. The second kappa shape index (κ2) is 43.9. The van der Waals surface area contributed by atoms with Crippen molar-refractivity contribution in [1.29, 1.82) is 0 Å². The van der Waals surface area contributed by atoms with Crippen LogP contribution in [0.2, 0.25) is 0 Å². The summed E-state index contributed by atoms with van der Waals surface area (Å²) in [6.07, 6.45) is 1.56. The Morgan fingerprint density at radius 3 is 1.50 bits per heavy atom. The van der Waals surface area contributed by atoms with Gasteiger partial charge in [0, 0.05) is 90.8 Å². The smallest absolute Gasteiger partial charge is 0.326 e. The highest BCUT2D eigenvalue weighted by molar-refractivity contribution is 5.92. The van der Waals surface area contributed by atoms with Gasteiger partial charge in [0.05, 0.1) is 38.6 Å². The molecular formula is C70H101N13O20. The number of nitrogens with zero attached hydrogens (tertiary/aromatic N) is 5. The minimum Gasteiger partial charge on any atom is -0.481 e. The molecule has 3 aromatic rings. The van der Waals surface area contributed by atoms with Gasteiger partial charge in [-0.3, -0.25) is 67.5 Å². The summed E-state index contributed by atoms with van der Waals surface area (Å²) >= 11 is 0. The number of carboxylic acid groups (broad SMARTS) is 6. The van der Waals surface area contributed by atoms with Crippen LogP contribution in [0.5, 0.6) is 0 Å². The van der Waals surface area contributed by atoms with Gasteiger partial charge in [-0.2, -0.15) is 4.91 Å². The van der Waals surface area contributed by atoms with Crippen LogP contribution in [-0.2, 0) is 70.4 Å². The molecule has 33 heteroatoms. The summed E-state index contributed by atoms with van der Waals surface area (Å²) in [4.78, 5) is 185. The first-order valence-corrected chi connectivity index (χ1v) is 34.9. The molecule has 1 aliphatic carbocycles. The summed E-state index contributed by atoms with van der Waals surface area (Å²) in [6.45, 7) is 4.98. The number of unbranched alkanes of at least 4 members (excludes halogenated alkanes) is 1. The van der Waals surface area contributed by atoms with E-state index in [1.807, 2.05) is 66.7 Å². The van der Waals surface area contributed by atoms with E-state index in [0.717, 1.165) is 28.3 Å². The number of rotatable bonds is 41. The zero-order chi connectivity index (χ0) is 75.5. The Hall–Kier alpha value is -9.73. The van der Waals surface area contributed by atoms with Crippen molar-refractivity contribution >= 4 is 88.1 Å². The minimum atomic E-state index is -1.59. The van der Waals surface area contributed by atoms with Crippen molar-refractivity contribution in [2.24, 2.45) is 22.9 Å². The molecule has 2 fully saturated rings. The lowest BCUT2D eigenvalue weighted by Crippen LogP contribution is -2.54. The first kappa shape index (κ1) is 83.9. The Labute approximate surface area is 597 Å². The van der Waals surface area contributed by atoms with Crippen molar-refractivity contribution in [3.8, 4) is 0 Å². The molecule has 0 spiro atoms. The van der Waals surface area contributed by atoms with Crippen molar-refractivity contribution in [1.82, 2.24) is 62.1 Å². The van der Waals surface area contributed by atoms with Crippen LogP contribution in [0.3, 0.4) is 0 Å². The van der Waals surface area contributed by atoms with Gasteiger partial charge in [-0.25, -0.2) is 14.4 Å². The molecule has 2 aliphatic rings. The highest BCUT2D eigenvalue weighted by Gasteiger charge is 2.33. The number of nitrogens with one attached hydrogen (secondary N) is 8. The van der Waals surface area contributed by atoms with E-state index in [1.165, 1.54) is 0 Å². The van der Waals surface area contributed by atoms with Crippen LogP contribution in [0.25, 0.3) is 10.8 Å². The lowest BCUT2D eigenvalue weighted by Gasteiger charge is -2.33. The molecule has 3 aromatic carbocycles. The van der Waals surface area contributed by atoms with Crippen molar-refractivity contribution in [2.45, 2.75) is 140 Å². The molecule has 0 bridgehead atoms. The van der Waals surface area contributed by atoms with E-state index >= 15 is 0 Å². The molecule has 33 nitrogen and oxygen atoms in total. The van der Waals surface area contributed by atoms with E-state index in [-0.39, 0.29) is 142 Å². The van der Waals surface area contributed by atoms with E-state index in [0.29, 0.717) is 37.2 Å². The van der Waals surface area contributed by atoms with Gasteiger partial charge in [0.1, 0.15) is 30.2 Å². The molecule has 14 N–H and O–H groups in total. The number of carbonyl (C=O) groups excluding carboxylic acids is 7. The van der Waals surface area contributed by atoms with E-state index in [1.54, 1.807) is 26.5 Å². The van der Waals surface area contributed by atoms with Crippen LogP contribution in [-0.4, -0.2) is 262 Å². The number of fused-ring (bicyclic) bond motifs is 1. The Balaban J connectivity index is 1.26. The number of carboxylic acids is 6. The molecule has 1 aliphatic heterocycles. The summed E-state index contributed by atoms with van der Waals surface area (Å²) in [5.74, 6) is -11.9. The number of hydrogen-bond donors (Lipinski definition) is 14. The average Bonchev–Trinajstić information content (AvgIpc) is 1.43. The predicted octanol–water partition coefficient (Wildman–Crippen LogP) is 1.26. The number of aliphatic carboxylic acids is 6. The normalized spacial score (nSPS) is 17.6. The Bertz CT molecular complexity index is 3340. The van der Waals surface area contributed by atoms with Crippen LogP contribution in [0.1, 0.15) is 114 Å². The Morgan fingerprint density at radius 2 is 0.971 bits per heavy atom. The first-order chi connectivity index (χ1) is 49.0. The van der Waals surface area contributed by atoms with Crippen molar-refractivity contribution < 1.29 is 93.0 Å². The molecule has 0 radical (unpaired) electrons. The average molecular weight is 1440 g/mol. The molecular weight excluding hydrogens is 1340 g/mol. The zero-order valence-electron chi connectivity index (χ0n) is 58.7. The SMILES string of the molecule is CC(C)Cc1ccc(C(C)C(=O)NC(CCN=O)C(=O)NCCC(NC(=O)CN2CCN(CC(=O)O)CCN(CC(=O)O)CCN(CC(=O)O)CC2)C(=O)NCC2CCC(C(=O)NC(Cc3ccc4ccccc4c3)C(=O)NCCCCC(NC(=O)NC(CCC(=O)O)C(=O)O)C(=O)O)CC2)cc1. The van der Waals surface area contributed by atoms with E-state index in [2.05, 4.69) is 61.6 Å². The van der Waals surface area contributed by atoms with Crippen LogP contribution < -0.4 is 42.5 Å². The van der Waals surface area contributed by atoms with Crippen LogP contribution in [0, 0.1) is 22.7 Å². The molecule has 6 unspecified atom stereocenters. The molecule has 5 rings (SSSR count). The highest BCUT2D eigenvalue weighted by atomic mass is 16.4. The maximum atomic E-state index is 14.4. The molecule has 1 saturated heterocycles. The van der Waals surface area contributed by atoms with Crippen LogP contribution in [0.4, 0.5) is 4.79 Å². The van der Waals surface area contributed by atoms with Gasteiger partial charge in [0.15, 0.2) is 0 Å². The maximum Gasteiger partial charge on any atom is 0.326 e. The third kappa shape index (κ3) is 31.6. The third-order valence-electron chi connectivity index (χ3n) is 18.2. The molecule has 0 aromatic heterocycles. The zero-order valence-corrected chi connectivity index (χ0v) is 58.7. The number of amides is 8. The molecule has 1 saturated carbocycles. The Morgan fingerprint density at radius 1 is 0.466 bits per heavy atom. The molecule has 6 atom stereocenters. The van der Waals surface area contributed by atoms with Gasteiger partial charge in [-0.1, -0.05) is 85.8 Å². The van der Waals surface area contributed by atoms with Gasteiger partial charge in [-0.05, 0) is 117 Å². The predicted molar refractivity (Wildman–Crippen MR) is 375 cm³/mol. The fraction of sp³-hybridized carbons (Fsp3) is 0.586. The highest BCUT2D eigenvalue weighted by Crippen LogP contribution is 2.29. The van der Waals surface area contributed by atoms with Gasteiger partial charge < -0.3 is 73.2 Å². The number of nitroso groups, excluding NO2 is 1. The summed E-state index contributed by atoms with van der Waals surface area (Å²) < 4.78 is 0. The van der Waals surface area contributed by atoms with Crippen molar-refractivity contribution in [3.05, 3.63) is 88.3 Å². The number of urea groups is 1. The summed E-state index contributed by atoms with van der Waals surface area (Å²) in [5.41, 5.74) is 2.54. The topological polar surface area (TPSA) is 482 Å². The van der Waals surface area contributed by atoms with Crippen LogP contribution >= 0.6 is 0 Å². The van der Waals surface area contributed by atoms with E-state index < -0.39 is 139 Å². The van der Waals surface area contributed by atoms with E-state index in [4.69, 9.17) is 5.11 Å². The summed E-state index contributed by atoms with van der Waals surface area (Å²) in [6, 6.07) is 13.1. The van der Waals surface area contributed by atoms with Crippen molar-refractivity contribution in [3.63, 3.8) is 0 Å². The number of hydrogen-bond acceptors (Lipinski definition) is 19. The number of carbonyl (C=O) groups is 13. The minimum absolute atomic E-state index is 0.0459. The lowest BCUT2D eigenvalue weighted by molar-refractivity contribution is -0.141. The van der Waals surface area contributed by atoms with Gasteiger partial charge in [0.25, 0.3) is 0 Å². The monoisotopic (exact) mass is 1440 g/mol. The van der Waals surface area contributed by atoms with Gasteiger partial charge in [-0.15, -0.1) is 0 Å². The standard InChI is InChI=1S/C70H101N13O20/c1-44(2)36-46-11-16-49(17-12-46)45(3)63(93)76-54(24-27-74-103)65(95)72-26-23-53(75-58(84)40-80-28-30-81(41-60(87)88)32-34-83(43-62(91)92)35-33-82(31-29-80)42-61(89)90)66(96)73-39-47-13-19-51(20-14-47)64(94)77-57(38-48-15-18-50-8-4-5-9-52(50)37-48)67(97)71-25-7-6-10-55(68(98)99)78-70(102)79-56(69(100)101)21-22-59(85)86/h4-5,8-9,11-12,15-18,37,44-45,47,51,53-57H,6-7,10,13-14,19-36,38-43H2,1-3H3,(H,71,97)(H,72,95)(H,73,96)(H,75,84)(H,76,93)(H,77,94)(H,85,86)(H,87,88)(H,89,90)(H,91,92)(H,98,99)(H,100,101)(H2,78,79,102). The number of benzene rings is 3. The molecule has 8 amide bonds. The molecule has 103 heavy (non-hydrogen) atoms. The van der Waals surface area contributed by atoms with Crippen LogP contribution in [0.15, 0.2) is 71.9 Å².